The van der Waals surface area contributed by atoms with Crippen molar-refractivity contribution < 1.29 is 9.47 Å². The van der Waals surface area contributed by atoms with Gasteiger partial charge in [-0.3, -0.25) is 0 Å². The fourth-order valence-electron chi connectivity index (χ4n) is 1.33. The second-order valence-electron chi connectivity index (χ2n) is 3.22. The molecular formula is C14H12BrNO2. The molecule has 4 heteroatoms. The van der Waals surface area contributed by atoms with Gasteiger partial charge in [-0.15, -0.1) is 6.42 Å². The molecule has 1 rings (SSSR count). The van der Waals surface area contributed by atoms with Crippen molar-refractivity contribution in [1.29, 1.82) is 5.26 Å². The lowest BCUT2D eigenvalue weighted by atomic mass is 10.2. The number of allylic oxidation sites excluding steroid dienone is 1. The first-order valence-electron chi connectivity index (χ1n) is 5.31. The zero-order chi connectivity index (χ0) is 13.4. The first kappa shape index (κ1) is 14.2. The van der Waals surface area contributed by atoms with Crippen LogP contribution in [0.25, 0.3) is 6.08 Å². The Morgan fingerprint density at radius 3 is 2.83 bits per heavy atom. The molecule has 0 fully saturated rings. The number of halogens is 1. The van der Waals surface area contributed by atoms with Gasteiger partial charge in [-0.2, -0.15) is 5.26 Å². The molecule has 0 spiro atoms. The van der Waals surface area contributed by atoms with E-state index in [1.54, 1.807) is 12.1 Å². The molecule has 1 aromatic rings. The number of rotatable bonds is 5. The first-order valence-corrected chi connectivity index (χ1v) is 6.11. The van der Waals surface area contributed by atoms with Crippen LogP contribution in [-0.4, -0.2) is 13.2 Å². The lowest BCUT2D eigenvalue weighted by Gasteiger charge is -2.13. The van der Waals surface area contributed by atoms with Gasteiger partial charge in [-0.05, 0) is 46.6 Å². The Labute approximate surface area is 115 Å². The molecular weight excluding hydrogens is 294 g/mol. The molecule has 18 heavy (non-hydrogen) atoms. The summed E-state index contributed by atoms with van der Waals surface area (Å²) in [6.07, 6.45) is 8.26. The van der Waals surface area contributed by atoms with E-state index in [2.05, 4.69) is 21.9 Å². The third kappa shape index (κ3) is 3.84. The number of ether oxygens (including phenoxy) is 2. The van der Waals surface area contributed by atoms with E-state index in [-0.39, 0.29) is 6.61 Å². The van der Waals surface area contributed by atoms with Crippen molar-refractivity contribution in [2.75, 3.05) is 13.2 Å². The molecule has 0 saturated carbocycles. The molecule has 1 aromatic carbocycles. The van der Waals surface area contributed by atoms with Gasteiger partial charge in [0.05, 0.1) is 17.1 Å². The highest BCUT2D eigenvalue weighted by atomic mass is 79.9. The number of benzene rings is 1. The summed E-state index contributed by atoms with van der Waals surface area (Å²) in [5.41, 5.74) is 0.847. The van der Waals surface area contributed by atoms with Gasteiger partial charge in [0.25, 0.3) is 0 Å². The summed E-state index contributed by atoms with van der Waals surface area (Å²) in [4.78, 5) is 0. The summed E-state index contributed by atoms with van der Waals surface area (Å²) in [6.45, 7) is 2.58. The zero-order valence-electron chi connectivity index (χ0n) is 9.94. The van der Waals surface area contributed by atoms with Crippen molar-refractivity contribution in [3.63, 3.8) is 0 Å². The summed E-state index contributed by atoms with van der Waals surface area (Å²) in [7, 11) is 0. The minimum absolute atomic E-state index is 0.173. The second kappa shape index (κ2) is 7.42. The van der Waals surface area contributed by atoms with E-state index < -0.39 is 0 Å². The molecule has 0 bridgehead atoms. The minimum Gasteiger partial charge on any atom is -0.490 e. The highest BCUT2D eigenvalue weighted by Gasteiger charge is 2.11. The van der Waals surface area contributed by atoms with Gasteiger partial charge in [0.15, 0.2) is 11.5 Å². The average molecular weight is 306 g/mol. The normalized spacial score (nSPS) is 9.78. The lowest BCUT2D eigenvalue weighted by Crippen LogP contribution is -2.00. The Bertz CT molecular complexity index is 524. The molecule has 0 atom stereocenters. The highest BCUT2D eigenvalue weighted by molar-refractivity contribution is 9.10. The number of hydrogen-bond acceptors (Lipinski definition) is 3. The standard InChI is InChI=1S/C14H12BrNO2/c1-3-8-18-14-12(15)9-11(6-5-7-16)10-13(14)17-4-2/h1,5-6,9-10H,4,8H2,2H3. The molecule has 0 radical (unpaired) electrons. The van der Waals surface area contributed by atoms with Crippen molar-refractivity contribution in [3.05, 3.63) is 28.2 Å². The Morgan fingerprint density at radius 2 is 2.22 bits per heavy atom. The van der Waals surface area contributed by atoms with Crippen LogP contribution in [0.15, 0.2) is 22.7 Å². The second-order valence-corrected chi connectivity index (χ2v) is 4.07. The van der Waals surface area contributed by atoms with Crippen LogP contribution in [0, 0.1) is 23.7 Å². The van der Waals surface area contributed by atoms with Crippen LogP contribution in [0.3, 0.4) is 0 Å². The molecule has 0 N–H and O–H groups in total. The van der Waals surface area contributed by atoms with E-state index in [4.69, 9.17) is 21.2 Å². The van der Waals surface area contributed by atoms with Crippen LogP contribution in [0.4, 0.5) is 0 Å². The Kier molecular flexibility index (Phi) is 5.84. The SMILES string of the molecule is C#CCOc1c(Br)cc(C=CC#N)cc1OCC. The molecule has 0 unspecified atom stereocenters. The number of nitriles is 1. The van der Waals surface area contributed by atoms with Gasteiger partial charge in [-0.25, -0.2) is 0 Å². The van der Waals surface area contributed by atoms with Gasteiger partial charge >= 0.3 is 0 Å². The molecule has 0 amide bonds. The molecule has 0 aliphatic carbocycles. The predicted molar refractivity (Wildman–Crippen MR) is 74.3 cm³/mol. The van der Waals surface area contributed by atoms with Crippen LogP contribution < -0.4 is 9.47 Å². The van der Waals surface area contributed by atoms with Crippen LogP contribution >= 0.6 is 15.9 Å². The Balaban J connectivity index is 3.14. The van der Waals surface area contributed by atoms with E-state index in [9.17, 15) is 0 Å². The Morgan fingerprint density at radius 1 is 1.44 bits per heavy atom. The van der Waals surface area contributed by atoms with Crippen LogP contribution in [0.5, 0.6) is 11.5 Å². The van der Waals surface area contributed by atoms with E-state index in [0.717, 1.165) is 10.0 Å². The van der Waals surface area contributed by atoms with Gasteiger partial charge in [0.1, 0.15) is 6.61 Å². The van der Waals surface area contributed by atoms with Gasteiger partial charge in [0, 0.05) is 6.08 Å². The fraction of sp³-hybridized carbons (Fsp3) is 0.214. The van der Waals surface area contributed by atoms with Crippen molar-refractivity contribution in [1.82, 2.24) is 0 Å². The average Bonchev–Trinajstić information content (AvgIpc) is 2.36. The molecule has 0 aromatic heterocycles. The molecule has 0 saturated heterocycles. The molecule has 3 nitrogen and oxygen atoms in total. The first-order chi connectivity index (χ1) is 8.72. The summed E-state index contributed by atoms with van der Waals surface area (Å²) >= 11 is 3.40. The monoisotopic (exact) mass is 305 g/mol. The van der Waals surface area contributed by atoms with Crippen molar-refractivity contribution in [2.24, 2.45) is 0 Å². The highest BCUT2D eigenvalue weighted by Crippen LogP contribution is 2.37. The van der Waals surface area contributed by atoms with E-state index in [1.807, 2.05) is 19.1 Å². The summed E-state index contributed by atoms with van der Waals surface area (Å²) in [5.74, 6) is 3.58. The van der Waals surface area contributed by atoms with Gasteiger partial charge in [0.2, 0.25) is 0 Å². The summed E-state index contributed by atoms with van der Waals surface area (Å²) in [5, 5.41) is 8.51. The largest absolute Gasteiger partial charge is 0.490 e. The number of hydrogen-bond donors (Lipinski definition) is 0. The maximum absolute atomic E-state index is 8.51. The maximum atomic E-state index is 8.51. The molecule has 92 valence electrons. The quantitative estimate of drug-likeness (QED) is 0.618. The molecule has 0 aliphatic rings. The smallest absolute Gasteiger partial charge is 0.176 e. The maximum Gasteiger partial charge on any atom is 0.176 e. The predicted octanol–water partition coefficient (Wildman–Crippen LogP) is 3.40. The Hall–Kier alpha value is -1.91. The van der Waals surface area contributed by atoms with Gasteiger partial charge < -0.3 is 9.47 Å². The summed E-state index contributed by atoms with van der Waals surface area (Å²) < 4.78 is 11.7. The third-order valence-electron chi connectivity index (χ3n) is 1.98. The van der Waals surface area contributed by atoms with Gasteiger partial charge in [-0.1, -0.05) is 5.92 Å². The topological polar surface area (TPSA) is 42.2 Å². The van der Waals surface area contributed by atoms with Crippen LogP contribution in [0.2, 0.25) is 0 Å². The summed E-state index contributed by atoms with van der Waals surface area (Å²) in [6, 6.07) is 5.58. The van der Waals surface area contributed by atoms with Crippen molar-refractivity contribution in [3.8, 4) is 29.9 Å². The lowest BCUT2D eigenvalue weighted by molar-refractivity contribution is 0.298. The minimum atomic E-state index is 0.173. The van der Waals surface area contributed by atoms with E-state index in [0.29, 0.717) is 18.1 Å². The van der Waals surface area contributed by atoms with E-state index >= 15 is 0 Å². The zero-order valence-corrected chi connectivity index (χ0v) is 11.5. The molecule has 0 aliphatic heterocycles. The number of terminal acetylenes is 1. The molecule has 0 heterocycles. The number of nitrogens with zero attached hydrogens (tertiary/aromatic N) is 1. The van der Waals surface area contributed by atoms with Crippen molar-refractivity contribution >= 4 is 22.0 Å². The van der Waals surface area contributed by atoms with E-state index in [1.165, 1.54) is 6.08 Å². The van der Waals surface area contributed by atoms with Crippen molar-refractivity contribution in [2.45, 2.75) is 6.92 Å². The third-order valence-corrected chi connectivity index (χ3v) is 2.57. The van der Waals surface area contributed by atoms with Crippen LogP contribution in [-0.2, 0) is 0 Å². The fourth-order valence-corrected chi connectivity index (χ4v) is 1.91. The van der Waals surface area contributed by atoms with Crippen LogP contribution in [0.1, 0.15) is 12.5 Å².